The first kappa shape index (κ1) is 11.8. The first-order valence-electron chi connectivity index (χ1n) is 3.11. The van der Waals surface area contributed by atoms with Crippen LogP contribution < -0.4 is 40.6 Å². The minimum Gasteiger partial charge on any atom is -0.742 e. The van der Waals surface area contributed by atoms with Crippen LogP contribution in [-0.2, 0) is 12.6 Å². The average Bonchev–Trinajstić information content (AvgIpc) is 1.85. The van der Waals surface area contributed by atoms with Crippen LogP contribution in [0.2, 0.25) is 0 Å². The molecule has 0 unspecified atom stereocenters. The Morgan fingerprint density at radius 3 is 2.75 bits per heavy atom. The molecule has 0 spiro atoms. The molecule has 1 heterocycles. The number of nitrogens with zero attached hydrogens (tertiary/aromatic N) is 2. The first-order valence-corrected chi connectivity index (χ1v) is 3.52. The number of aromatic amines is 1. The molecule has 60 valence electrons. The van der Waals surface area contributed by atoms with Crippen molar-refractivity contribution in [1.29, 1.82) is 0 Å². The Kier molecular flexibility index (Phi) is 5.39. The van der Waals surface area contributed by atoms with Gasteiger partial charge in [0, 0.05) is 6.54 Å². The van der Waals surface area contributed by atoms with Crippen molar-refractivity contribution in [2.24, 2.45) is 0 Å². The van der Waals surface area contributed by atoms with E-state index in [0.29, 0.717) is 6.54 Å². The van der Waals surface area contributed by atoms with Gasteiger partial charge >= 0.3 is 35.2 Å². The molecule has 0 aliphatic carbocycles. The van der Waals surface area contributed by atoms with E-state index in [0.717, 1.165) is 0 Å². The summed E-state index contributed by atoms with van der Waals surface area (Å²) < 4.78 is 0. The fourth-order valence-corrected chi connectivity index (χ4v) is 0.776. The van der Waals surface area contributed by atoms with Crippen LogP contribution in [0, 0.1) is 0 Å². The van der Waals surface area contributed by atoms with Gasteiger partial charge in [-0.25, -0.2) is 9.78 Å². The zero-order valence-corrected chi connectivity index (χ0v) is 9.73. The summed E-state index contributed by atoms with van der Waals surface area (Å²) in [6.45, 7) is 2.55. The fourth-order valence-electron chi connectivity index (χ4n) is 0.602. The summed E-state index contributed by atoms with van der Waals surface area (Å²) in [5.74, 6) is 0.279. The normalized spacial score (nSPS) is 8.75. The maximum atomic E-state index is 10.7. The molecular formula is C5H7N4NaOS. The average molecular weight is 194 g/mol. The van der Waals surface area contributed by atoms with Gasteiger partial charge in [0.05, 0.1) is 0 Å². The Bertz CT molecular complexity index is 302. The number of nitrogens with one attached hydrogen (secondary N) is 2. The van der Waals surface area contributed by atoms with Crippen LogP contribution in [0.25, 0.3) is 0 Å². The van der Waals surface area contributed by atoms with E-state index < -0.39 is 5.69 Å². The van der Waals surface area contributed by atoms with Gasteiger partial charge in [0.25, 0.3) is 0 Å². The minimum atomic E-state index is -0.471. The number of H-pyrrole nitrogens is 1. The maximum absolute atomic E-state index is 10.7. The van der Waals surface area contributed by atoms with E-state index >= 15 is 0 Å². The Morgan fingerprint density at radius 1 is 1.58 bits per heavy atom. The van der Waals surface area contributed by atoms with Gasteiger partial charge in [0.15, 0.2) is 0 Å². The van der Waals surface area contributed by atoms with Crippen molar-refractivity contribution in [1.82, 2.24) is 15.0 Å². The minimum absolute atomic E-state index is 0. The molecule has 0 amide bonds. The number of hydrogen-bond donors (Lipinski definition) is 2. The fraction of sp³-hybridized carbons (Fsp3) is 0.400. The summed E-state index contributed by atoms with van der Waals surface area (Å²) in [5, 5.41) is 2.93. The van der Waals surface area contributed by atoms with Gasteiger partial charge in [-0.05, 0) is 12.1 Å². The van der Waals surface area contributed by atoms with E-state index in [9.17, 15) is 4.79 Å². The van der Waals surface area contributed by atoms with Crippen molar-refractivity contribution in [2.75, 3.05) is 11.9 Å². The summed E-state index contributed by atoms with van der Waals surface area (Å²) >= 11 is 4.65. The largest absolute Gasteiger partial charge is 1.00 e. The van der Waals surface area contributed by atoms with Gasteiger partial charge in [-0.2, -0.15) is 4.98 Å². The SMILES string of the molecule is CCNc1nc([S-])[nH]c(=O)n1.[Na+]. The topological polar surface area (TPSA) is 70.7 Å². The number of anilines is 1. The quantitative estimate of drug-likeness (QED) is 0.378. The van der Waals surface area contributed by atoms with Crippen molar-refractivity contribution in [2.45, 2.75) is 12.1 Å². The molecule has 0 bridgehead atoms. The third kappa shape index (κ3) is 3.48. The summed E-state index contributed by atoms with van der Waals surface area (Å²) in [6.07, 6.45) is 0. The molecule has 5 nitrogen and oxygen atoms in total. The van der Waals surface area contributed by atoms with Crippen molar-refractivity contribution in [3.05, 3.63) is 10.5 Å². The van der Waals surface area contributed by atoms with Crippen molar-refractivity contribution in [3.63, 3.8) is 0 Å². The monoisotopic (exact) mass is 194 g/mol. The second kappa shape index (κ2) is 5.47. The second-order valence-electron chi connectivity index (χ2n) is 1.81. The van der Waals surface area contributed by atoms with Gasteiger partial charge in [-0.3, -0.25) is 0 Å². The number of aromatic nitrogens is 3. The summed E-state index contributed by atoms with van der Waals surface area (Å²) in [6, 6.07) is 0. The summed E-state index contributed by atoms with van der Waals surface area (Å²) in [7, 11) is 0. The summed E-state index contributed by atoms with van der Waals surface area (Å²) in [5.41, 5.74) is -0.471. The Labute approximate surface area is 97.1 Å². The second-order valence-corrected chi connectivity index (χ2v) is 2.20. The standard InChI is InChI=1S/C5H8N4OS.Na/c1-2-6-3-7-4(10)9-5(11)8-3;/h2H2,1H3,(H3,6,7,8,9,10,11);/q;+1/p-1. The van der Waals surface area contributed by atoms with Crippen LogP contribution in [0.4, 0.5) is 5.95 Å². The molecule has 0 saturated heterocycles. The van der Waals surface area contributed by atoms with Gasteiger partial charge in [0.2, 0.25) is 5.95 Å². The smallest absolute Gasteiger partial charge is 0.742 e. The van der Waals surface area contributed by atoms with E-state index in [1.54, 1.807) is 0 Å². The van der Waals surface area contributed by atoms with Crippen LogP contribution in [0.3, 0.4) is 0 Å². The third-order valence-electron chi connectivity index (χ3n) is 0.964. The van der Waals surface area contributed by atoms with Crippen LogP contribution >= 0.6 is 0 Å². The number of hydrogen-bond acceptors (Lipinski definition) is 5. The molecule has 7 heteroatoms. The third-order valence-corrected chi connectivity index (χ3v) is 1.16. The van der Waals surface area contributed by atoms with E-state index in [1.807, 2.05) is 6.92 Å². The van der Waals surface area contributed by atoms with Gasteiger partial charge < -0.3 is 22.9 Å². The molecule has 1 rings (SSSR count). The molecule has 0 aromatic carbocycles. The Balaban J connectivity index is 0.00000121. The zero-order chi connectivity index (χ0) is 8.27. The van der Waals surface area contributed by atoms with Crippen LogP contribution in [-0.4, -0.2) is 21.5 Å². The maximum Gasteiger partial charge on any atom is 1.00 e. The van der Waals surface area contributed by atoms with Gasteiger partial charge in [-0.15, -0.1) is 0 Å². The predicted octanol–water partition coefficient (Wildman–Crippen LogP) is -3.49. The van der Waals surface area contributed by atoms with Gasteiger partial charge in [-0.1, -0.05) is 0 Å². The molecule has 0 radical (unpaired) electrons. The molecule has 0 aliphatic heterocycles. The van der Waals surface area contributed by atoms with E-state index in [4.69, 9.17) is 0 Å². The molecule has 1 aromatic rings. The van der Waals surface area contributed by atoms with Crippen molar-refractivity contribution >= 4 is 18.6 Å². The van der Waals surface area contributed by atoms with Gasteiger partial charge in [0.1, 0.15) is 0 Å². The van der Waals surface area contributed by atoms with Crippen LogP contribution in [0.5, 0.6) is 0 Å². The van der Waals surface area contributed by atoms with E-state index in [1.165, 1.54) is 0 Å². The van der Waals surface area contributed by atoms with E-state index in [-0.39, 0.29) is 40.7 Å². The molecule has 0 fully saturated rings. The predicted molar refractivity (Wildman–Crippen MR) is 42.4 cm³/mol. The Morgan fingerprint density at radius 2 is 2.25 bits per heavy atom. The summed E-state index contributed by atoms with van der Waals surface area (Å²) in [4.78, 5) is 20.2. The van der Waals surface area contributed by atoms with E-state index in [2.05, 4.69) is 32.9 Å². The molecule has 0 saturated carbocycles. The molecule has 0 atom stereocenters. The molecule has 12 heavy (non-hydrogen) atoms. The van der Waals surface area contributed by atoms with Crippen molar-refractivity contribution in [3.8, 4) is 0 Å². The first-order chi connectivity index (χ1) is 5.22. The van der Waals surface area contributed by atoms with Crippen LogP contribution in [0.1, 0.15) is 6.92 Å². The Hall–Kier alpha value is -0.170. The molecule has 0 aliphatic rings. The van der Waals surface area contributed by atoms with Crippen molar-refractivity contribution < 1.29 is 29.6 Å². The molecule has 1 aromatic heterocycles. The van der Waals surface area contributed by atoms with Crippen LogP contribution in [0.15, 0.2) is 9.95 Å². The molecule has 2 N–H and O–H groups in total. The molecular weight excluding hydrogens is 187 g/mol. The zero-order valence-electron chi connectivity index (χ0n) is 6.92. The number of rotatable bonds is 2.